The van der Waals surface area contributed by atoms with Crippen LogP contribution in [0.25, 0.3) is 0 Å². The van der Waals surface area contributed by atoms with Crippen LogP contribution in [0.5, 0.6) is 0 Å². The van der Waals surface area contributed by atoms with Gasteiger partial charge in [0.2, 0.25) is 0 Å². The molecule has 1 aromatic rings. The van der Waals surface area contributed by atoms with Crippen LogP contribution in [0.15, 0.2) is 24.3 Å². The first-order chi connectivity index (χ1) is 9.69. The number of carbonyl (C=O) groups is 1. The molecule has 0 aromatic heterocycles. The molecule has 1 aliphatic heterocycles. The lowest BCUT2D eigenvalue weighted by Gasteiger charge is -2.28. The third-order valence-corrected chi connectivity index (χ3v) is 3.71. The molecule has 0 spiro atoms. The van der Waals surface area contributed by atoms with Crippen molar-refractivity contribution in [1.29, 1.82) is 0 Å². The number of aryl methyl sites for hydroxylation is 1. The third-order valence-electron chi connectivity index (χ3n) is 3.71. The molecule has 1 aliphatic rings. The van der Waals surface area contributed by atoms with Gasteiger partial charge in [0.05, 0.1) is 6.10 Å². The van der Waals surface area contributed by atoms with Crippen molar-refractivity contribution in [3.8, 4) is 0 Å². The minimum absolute atomic E-state index is 0. The highest BCUT2D eigenvalue weighted by Crippen LogP contribution is 2.12. The molecule has 1 aromatic carbocycles. The van der Waals surface area contributed by atoms with Crippen LogP contribution in [-0.2, 0) is 6.42 Å². The van der Waals surface area contributed by atoms with Gasteiger partial charge >= 0.3 is 6.03 Å². The zero-order chi connectivity index (χ0) is 14.4. The number of hydrogen-bond donors (Lipinski definition) is 4. The Hall–Kier alpha value is -1.30. The summed E-state index contributed by atoms with van der Waals surface area (Å²) >= 11 is 0. The highest BCUT2D eigenvalue weighted by atomic mass is 35.5. The highest BCUT2D eigenvalue weighted by molar-refractivity contribution is 5.89. The highest BCUT2D eigenvalue weighted by Gasteiger charge is 2.22. The molecule has 6 heteroatoms. The summed E-state index contributed by atoms with van der Waals surface area (Å²) in [5.41, 5.74) is 1.99. The van der Waals surface area contributed by atoms with Gasteiger partial charge in [-0.25, -0.2) is 4.79 Å². The molecular formula is C15H24ClN3O2. The normalized spacial score (nSPS) is 21.2. The first-order valence-corrected chi connectivity index (χ1v) is 7.21. The maximum absolute atomic E-state index is 11.8. The average molecular weight is 314 g/mol. The Morgan fingerprint density at radius 1 is 1.48 bits per heavy atom. The molecule has 1 fully saturated rings. The van der Waals surface area contributed by atoms with E-state index in [0.29, 0.717) is 13.1 Å². The van der Waals surface area contributed by atoms with Crippen molar-refractivity contribution in [2.24, 2.45) is 5.92 Å². The largest absolute Gasteiger partial charge is 0.391 e. The van der Waals surface area contributed by atoms with Crippen LogP contribution in [0.2, 0.25) is 0 Å². The van der Waals surface area contributed by atoms with Gasteiger partial charge in [-0.3, -0.25) is 0 Å². The SMILES string of the molecule is CCc1cccc(NC(=O)NC[C@@H]2CCNC[C@H]2O)c1.Cl. The van der Waals surface area contributed by atoms with E-state index in [-0.39, 0.29) is 30.5 Å². The number of aliphatic hydroxyl groups is 1. The van der Waals surface area contributed by atoms with E-state index in [9.17, 15) is 9.90 Å². The van der Waals surface area contributed by atoms with Crippen molar-refractivity contribution in [3.05, 3.63) is 29.8 Å². The minimum atomic E-state index is -0.382. The van der Waals surface area contributed by atoms with E-state index >= 15 is 0 Å². The fourth-order valence-electron chi connectivity index (χ4n) is 2.40. The summed E-state index contributed by atoms with van der Waals surface area (Å²) in [6.45, 7) is 4.08. The van der Waals surface area contributed by atoms with Gasteiger partial charge in [-0.15, -0.1) is 12.4 Å². The van der Waals surface area contributed by atoms with Gasteiger partial charge in [-0.05, 0) is 37.1 Å². The van der Waals surface area contributed by atoms with Crippen molar-refractivity contribution >= 4 is 24.1 Å². The Balaban J connectivity index is 0.00000220. The number of hydrogen-bond acceptors (Lipinski definition) is 3. The summed E-state index contributed by atoms with van der Waals surface area (Å²) in [6, 6.07) is 7.60. The second kappa shape index (κ2) is 8.87. The Bertz CT molecular complexity index is 456. The Labute approximate surface area is 131 Å². The molecule has 0 bridgehead atoms. The standard InChI is InChI=1S/C15H23N3O2.ClH/c1-2-11-4-3-5-13(8-11)18-15(20)17-9-12-6-7-16-10-14(12)19;/h3-5,8,12,14,16,19H,2,6-7,9-10H2,1H3,(H2,17,18,20);1H/t12-,14+;/m0./s1. The fourth-order valence-corrected chi connectivity index (χ4v) is 2.40. The van der Waals surface area contributed by atoms with Gasteiger partial charge in [0.15, 0.2) is 0 Å². The molecule has 2 amide bonds. The number of urea groups is 1. The Morgan fingerprint density at radius 2 is 2.29 bits per heavy atom. The van der Waals surface area contributed by atoms with E-state index in [0.717, 1.165) is 25.1 Å². The van der Waals surface area contributed by atoms with E-state index < -0.39 is 0 Å². The zero-order valence-electron chi connectivity index (χ0n) is 12.3. The van der Waals surface area contributed by atoms with E-state index in [2.05, 4.69) is 22.9 Å². The smallest absolute Gasteiger partial charge is 0.319 e. The quantitative estimate of drug-likeness (QED) is 0.684. The molecule has 1 heterocycles. The predicted octanol–water partition coefficient (Wildman–Crippen LogP) is 1.76. The minimum Gasteiger partial charge on any atom is -0.391 e. The van der Waals surface area contributed by atoms with Crippen molar-refractivity contribution < 1.29 is 9.90 Å². The van der Waals surface area contributed by atoms with Crippen molar-refractivity contribution in [2.45, 2.75) is 25.9 Å². The number of aliphatic hydroxyl groups excluding tert-OH is 1. The maximum atomic E-state index is 11.8. The lowest BCUT2D eigenvalue weighted by atomic mass is 9.95. The number of benzene rings is 1. The number of piperidine rings is 1. The lowest BCUT2D eigenvalue weighted by Crippen LogP contribution is -2.46. The van der Waals surface area contributed by atoms with E-state index in [1.54, 1.807) is 0 Å². The number of amides is 2. The fraction of sp³-hybridized carbons (Fsp3) is 0.533. The topological polar surface area (TPSA) is 73.4 Å². The second-order valence-electron chi connectivity index (χ2n) is 5.21. The molecule has 4 N–H and O–H groups in total. The monoisotopic (exact) mass is 313 g/mol. The van der Waals surface area contributed by atoms with Crippen LogP contribution in [0.3, 0.4) is 0 Å². The molecule has 0 radical (unpaired) electrons. The van der Waals surface area contributed by atoms with Crippen LogP contribution in [0.1, 0.15) is 18.9 Å². The maximum Gasteiger partial charge on any atom is 0.319 e. The summed E-state index contributed by atoms with van der Waals surface area (Å²) < 4.78 is 0. The van der Waals surface area contributed by atoms with Gasteiger partial charge < -0.3 is 21.1 Å². The van der Waals surface area contributed by atoms with E-state index in [1.165, 1.54) is 5.56 Å². The second-order valence-corrected chi connectivity index (χ2v) is 5.21. The number of β-amino-alcohol motifs (C(OH)–C–C–N with tert-alkyl or cyclic N) is 1. The van der Waals surface area contributed by atoms with Gasteiger partial charge in [-0.2, -0.15) is 0 Å². The summed E-state index contributed by atoms with van der Waals surface area (Å²) in [7, 11) is 0. The van der Waals surface area contributed by atoms with Crippen molar-refractivity contribution in [3.63, 3.8) is 0 Å². The van der Waals surface area contributed by atoms with Gasteiger partial charge in [0.25, 0.3) is 0 Å². The first-order valence-electron chi connectivity index (χ1n) is 7.21. The van der Waals surface area contributed by atoms with Crippen LogP contribution in [-0.4, -0.2) is 36.9 Å². The molecule has 21 heavy (non-hydrogen) atoms. The molecule has 0 aliphatic carbocycles. The number of anilines is 1. The van der Waals surface area contributed by atoms with Gasteiger partial charge in [0, 0.05) is 24.7 Å². The van der Waals surface area contributed by atoms with Crippen LogP contribution >= 0.6 is 12.4 Å². The average Bonchev–Trinajstić information content (AvgIpc) is 2.46. The molecule has 118 valence electrons. The molecule has 0 unspecified atom stereocenters. The Morgan fingerprint density at radius 3 is 3.00 bits per heavy atom. The summed E-state index contributed by atoms with van der Waals surface area (Å²) in [4.78, 5) is 11.8. The first kappa shape index (κ1) is 17.8. The molecule has 5 nitrogen and oxygen atoms in total. The summed E-state index contributed by atoms with van der Waals surface area (Å²) in [6.07, 6.45) is 1.44. The van der Waals surface area contributed by atoms with E-state index in [4.69, 9.17) is 0 Å². The third kappa shape index (κ3) is 5.53. The lowest BCUT2D eigenvalue weighted by molar-refractivity contribution is 0.0830. The van der Waals surface area contributed by atoms with E-state index in [1.807, 2.05) is 24.3 Å². The molecule has 1 saturated heterocycles. The number of nitrogens with one attached hydrogen (secondary N) is 3. The molecule has 2 atom stereocenters. The van der Waals surface area contributed by atoms with Crippen LogP contribution in [0.4, 0.5) is 10.5 Å². The predicted molar refractivity (Wildman–Crippen MR) is 87.1 cm³/mol. The van der Waals surface area contributed by atoms with Crippen molar-refractivity contribution in [1.82, 2.24) is 10.6 Å². The van der Waals surface area contributed by atoms with Crippen LogP contribution < -0.4 is 16.0 Å². The molecular weight excluding hydrogens is 290 g/mol. The zero-order valence-corrected chi connectivity index (χ0v) is 13.1. The number of rotatable bonds is 4. The number of carbonyl (C=O) groups excluding carboxylic acids is 1. The molecule has 0 saturated carbocycles. The molecule has 2 rings (SSSR count). The summed E-state index contributed by atoms with van der Waals surface area (Å²) in [5, 5.41) is 18.6. The van der Waals surface area contributed by atoms with Gasteiger partial charge in [0.1, 0.15) is 0 Å². The van der Waals surface area contributed by atoms with Crippen molar-refractivity contribution in [2.75, 3.05) is 25.0 Å². The Kier molecular flexibility index (Phi) is 7.50. The summed E-state index contributed by atoms with van der Waals surface area (Å²) in [5.74, 6) is 0.129. The van der Waals surface area contributed by atoms with Crippen LogP contribution in [0, 0.1) is 5.92 Å². The van der Waals surface area contributed by atoms with Gasteiger partial charge in [-0.1, -0.05) is 19.1 Å². The number of halogens is 1.